The molecule has 3 rings (SSSR count). The molecule has 18 heavy (non-hydrogen) atoms. The molecule has 3 aromatic rings. The molecule has 1 aromatic carbocycles. The molecule has 0 amide bonds. The summed E-state index contributed by atoms with van der Waals surface area (Å²) in [7, 11) is 0. The molecule has 0 bridgehead atoms. The molecule has 0 aliphatic carbocycles. The van der Waals surface area contributed by atoms with Crippen molar-refractivity contribution >= 4 is 22.2 Å². The molecule has 1 unspecified atom stereocenters. The number of hydrazine groups is 1. The van der Waals surface area contributed by atoms with Crippen molar-refractivity contribution in [2.75, 3.05) is 0 Å². The Morgan fingerprint density at radius 2 is 2.11 bits per heavy atom. The Hall–Kier alpha value is -1.75. The first kappa shape index (κ1) is 11.3. The molecular formula is C14H13N3S. The summed E-state index contributed by atoms with van der Waals surface area (Å²) in [6.45, 7) is 0. The van der Waals surface area contributed by atoms with E-state index in [1.54, 1.807) is 11.3 Å². The van der Waals surface area contributed by atoms with Crippen LogP contribution in [0.5, 0.6) is 0 Å². The number of hydrogen-bond donors (Lipinski definition) is 2. The number of benzene rings is 1. The van der Waals surface area contributed by atoms with Gasteiger partial charge in [0.25, 0.3) is 0 Å². The lowest BCUT2D eigenvalue weighted by atomic mass is 10.0. The van der Waals surface area contributed by atoms with Gasteiger partial charge in [-0.3, -0.25) is 10.8 Å². The van der Waals surface area contributed by atoms with Crippen molar-refractivity contribution in [3.05, 3.63) is 64.5 Å². The van der Waals surface area contributed by atoms with Crippen LogP contribution in [0.4, 0.5) is 0 Å². The van der Waals surface area contributed by atoms with E-state index in [-0.39, 0.29) is 6.04 Å². The number of pyridine rings is 1. The van der Waals surface area contributed by atoms with Gasteiger partial charge < -0.3 is 0 Å². The SMILES string of the molecule is NNC(c1ccsc1)c1ccc2cccnc2c1. The predicted octanol–water partition coefficient (Wildman–Crippen LogP) is 2.85. The molecule has 0 aliphatic rings. The molecular weight excluding hydrogens is 242 g/mol. The van der Waals surface area contributed by atoms with Crippen LogP contribution in [-0.4, -0.2) is 4.98 Å². The summed E-state index contributed by atoms with van der Waals surface area (Å²) in [6.07, 6.45) is 1.81. The molecule has 0 fully saturated rings. The van der Waals surface area contributed by atoms with Gasteiger partial charge in [0.2, 0.25) is 0 Å². The van der Waals surface area contributed by atoms with E-state index in [9.17, 15) is 0 Å². The quantitative estimate of drug-likeness (QED) is 0.559. The van der Waals surface area contributed by atoms with Crippen molar-refractivity contribution in [1.29, 1.82) is 0 Å². The molecule has 3 nitrogen and oxygen atoms in total. The average molecular weight is 255 g/mol. The third kappa shape index (κ3) is 2.01. The Balaban J connectivity index is 2.07. The number of aromatic nitrogens is 1. The fourth-order valence-corrected chi connectivity index (χ4v) is 2.77. The number of fused-ring (bicyclic) bond motifs is 1. The Kier molecular flexibility index (Phi) is 3.06. The second-order valence-electron chi connectivity index (χ2n) is 4.11. The summed E-state index contributed by atoms with van der Waals surface area (Å²) in [5.41, 5.74) is 6.16. The molecule has 0 radical (unpaired) electrons. The molecule has 2 aromatic heterocycles. The molecule has 90 valence electrons. The zero-order valence-corrected chi connectivity index (χ0v) is 10.5. The normalized spacial score (nSPS) is 12.7. The number of rotatable bonds is 3. The molecule has 0 saturated heterocycles. The summed E-state index contributed by atoms with van der Waals surface area (Å²) in [5.74, 6) is 5.67. The first-order valence-corrected chi connectivity index (χ1v) is 6.65. The van der Waals surface area contributed by atoms with Crippen LogP contribution in [0.15, 0.2) is 53.4 Å². The van der Waals surface area contributed by atoms with E-state index >= 15 is 0 Å². The summed E-state index contributed by atoms with van der Waals surface area (Å²) < 4.78 is 0. The Morgan fingerprint density at radius 1 is 1.17 bits per heavy atom. The van der Waals surface area contributed by atoms with Crippen LogP contribution < -0.4 is 11.3 Å². The lowest BCUT2D eigenvalue weighted by molar-refractivity contribution is 0.639. The smallest absolute Gasteiger partial charge is 0.0718 e. The van der Waals surface area contributed by atoms with Crippen LogP contribution >= 0.6 is 11.3 Å². The highest BCUT2D eigenvalue weighted by Crippen LogP contribution is 2.25. The number of nitrogens with one attached hydrogen (secondary N) is 1. The van der Waals surface area contributed by atoms with Gasteiger partial charge in [-0.25, -0.2) is 5.43 Å². The van der Waals surface area contributed by atoms with Gasteiger partial charge in [0.15, 0.2) is 0 Å². The second-order valence-corrected chi connectivity index (χ2v) is 4.89. The van der Waals surface area contributed by atoms with Crippen LogP contribution in [0, 0.1) is 0 Å². The zero-order valence-electron chi connectivity index (χ0n) is 9.71. The fraction of sp³-hybridized carbons (Fsp3) is 0.0714. The highest BCUT2D eigenvalue weighted by atomic mass is 32.1. The summed E-state index contributed by atoms with van der Waals surface area (Å²) in [6, 6.07) is 12.3. The minimum atomic E-state index is 0.0163. The molecule has 0 saturated carbocycles. The predicted molar refractivity (Wildman–Crippen MR) is 75.2 cm³/mol. The lowest BCUT2D eigenvalue weighted by Gasteiger charge is -2.15. The average Bonchev–Trinajstić information content (AvgIpc) is 2.93. The van der Waals surface area contributed by atoms with Crippen molar-refractivity contribution in [3.63, 3.8) is 0 Å². The monoisotopic (exact) mass is 255 g/mol. The Labute approximate surface area is 109 Å². The Bertz CT molecular complexity index is 649. The highest BCUT2D eigenvalue weighted by molar-refractivity contribution is 7.08. The number of thiophene rings is 1. The van der Waals surface area contributed by atoms with E-state index in [0.29, 0.717) is 0 Å². The van der Waals surface area contributed by atoms with Crippen molar-refractivity contribution in [3.8, 4) is 0 Å². The summed E-state index contributed by atoms with van der Waals surface area (Å²) >= 11 is 1.67. The maximum atomic E-state index is 5.67. The van der Waals surface area contributed by atoms with Crippen LogP contribution in [0.1, 0.15) is 17.2 Å². The molecule has 1 atom stereocenters. The standard InChI is InChI=1S/C14H13N3S/c15-17-14(12-5-7-18-9-12)11-4-3-10-2-1-6-16-13(10)8-11/h1-9,14,17H,15H2. The molecule has 0 spiro atoms. The van der Waals surface area contributed by atoms with E-state index in [0.717, 1.165) is 16.5 Å². The highest BCUT2D eigenvalue weighted by Gasteiger charge is 2.13. The topological polar surface area (TPSA) is 50.9 Å². The third-order valence-corrected chi connectivity index (χ3v) is 3.71. The number of hydrogen-bond acceptors (Lipinski definition) is 4. The van der Waals surface area contributed by atoms with Gasteiger partial charge in [0.1, 0.15) is 0 Å². The van der Waals surface area contributed by atoms with Crippen LogP contribution in [0.3, 0.4) is 0 Å². The largest absolute Gasteiger partial charge is 0.271 e. The van der Waals surface area contributed by atoms with Gasteiger partial charge in [-0.2, -0.15) is 11.3 Å². The minimum Gasteiger partial charge on any atom is -0.271 e. The van der Waals surface area contributed by atoms with Crippen molar-refractivity contribution in [1.82, 2.24) is 10.4 Å². The van der Waals surface area contributed by atoms with E-state index in [1.165, 1.54) is 5.56 Å². The van der Waals surface area contributed by atoms with Crippen LogP contribution in [0.25, 0.3) is 10.9 Å². The van der Waals surface area contributed by atoms with Gasteiger partial charge in [0, 0.05) is 11.6 Å². The third-order valence-electron chi connectivity index (χ3n) is 3.01. The molecule has 4 heteroatoms. The van der Waals surface area contributed by atoms with Crippen LogP contribution in [0.2, 0.25) is 0 Å². The van der Waals surface area contributed by atoms with Gasteiger partial charge in [-0.15, -0.1) is 0 Å². The molecule has 2 heterocycles. The van der Waals surface area contributed by atoms with E-state index in [4.69, 9.17) is 5.84 Å². The van der Waals surface area contributed by atoms with Crippen molar-refractivity contribution in [2.24, 2.45) is 5.84 Å². The molecule has 0 aliphatic heterocycles. The summed E-state index contributed by atoms with van der Waals surface area (Å²) in [4.78, 5) is 4.37. The zero-order chi connectivity index (χ0) is 12.4. The summed E-state index contributed by atoms with van der Waals surface area (Å²) in [5, 5.41) is 5.30. The first-order valence-electron chi connectivity index (χ1n) is 5.71. The maximum Gasteiger partial charge on any atom is 0.0718 e. The van der Waals surface area contributed by atoms with E-state index in [1.807, 2.05) is 12.3 Å². The van der Waals surface area contributed by atoms with Gasteiger partial charge in [-0.05, 0) is 40.1 Å². The fourth-order valence-electron chi connectivity index (χ4n) is 2.09. The van der Waals surface area contributed by atoms with Gasteiger partial charge >= 0.3 is 0 Å². The Morgan fingerprint density at radius 3 is 2.89 bits per heavy atom. The van der Waals surface area contributed by atoms with Crippen molar-refractivity contribution in [2.45, 2.75) is 6.04 Å². The van der Waals surface area contributed by atoms with E-state index in [2.05, 4.69) is 51.5 Å². The van der Waals surface area contributed by atoms with Crippen LogP contribution in [-0.2, 0) is 0 Å². The molecule has 3 N–H and O–H groups in total. The number of nitrogens with zero attached hydrogens (tertiary/aromatic N) is 1. The maximum absolute atomic E-state index is 5.67. The van der Waals surface area contributed by atoms with Crippen molar-refractivity contribution < 1.29 is 0 Å². The van der Waals surface area contributed by atoms with Gasteiger partial charge in [-0.1, -0.05) is 18.2 Å². The first-order chi connectivity index (χ1) is 8.88. The minimum absolute atomic E-state index is 0.0163. The number of nitrogens with two attached hydrogens (primary N) is 1. The van der Waals surface area contributed by atoms with E-state index < -0.39 is 0 Å². The van der Waals surface area contributed by atoms with Gasteiger partial charge in [0.05, 0.1) is 11.6 Å². The lowest BCUT2D eigenvalue weighted by Crippen LogP contribution is -2.28. The second kappa shape index (κ2) is 4.86.